The first-order valence-electron chi connectivity index (χ1n) is 9.24. The summed E-state index contributed by atoms with van der Waals surface area (Å²) < 4.78 is 16.0. The summed E-state index contributed by atoms with van der Waals surface area (Å²) in [6.07, 6.45) is 4.10. The zero-order valence-corrected chi connectivity index (χ0v) is 18.0. The second-order valence-corrected chi connectivity index (χ2v) is 7.43. The molecule has 156 valence electrons. The number of hydrogen-bond donors (Lipinski definition) is 2. The Morgan fingerprint density at radius 3 is 2.69 bits per heavy atom. The third kappa shape index (κ3) is 4.62. The number of carboxylic acid groups (broad SMARTS) is 1. The van der Waals surface area contributed by atoms with Crippen LogP contribution in [0.4, 0.5) is 14.3 Å². The molecule has 1 aromatic carbocycles. The van der Waals surface area contributed by atoms with Gasteiger partial charge in [-0.2, -0.15) is 0 Å². The number of anilines is 1. The van der Waals surface area contributed by atoms with Gasteiger partial charge in [-0.15, -0.1) is 0 Å². The molecule has 32 heavy (non-hydrogen) atoms. The van der Waals surface area contributed by atoms with Gasteiger partial charge in [-0.05, 0) is 31.2 Å². The van der Waals surface area contributed by atoms with Crippen molar-refractivity contribution in [2.45, 2.75) is 6.92 Å². The van der Waals surface area contributed by atoms with E-state index in [0.29, 0.717) is 22.5 Å². The molecule has 4 aromatic rings. The number of rotatable bonds is 5. The fraction of sp³-hybridized carbons (Fsp3) is 0.0952. The largest absolute Gasteiger partial charge is 1.00 e. The van der Waals surface area contributed by atoms with Crippen molar-refractivity contribution >= 4 is 38.7 Å². The third-order valence-electron chi connectivity index (χ3n) is 4.39. The Labute approximate surface area is 198 Å². The van der Waals surface area contributed by atoms with Crippen LogP contribution in [0.15, 0.2) is 48.9 Å². The molecule has 0 bridgehead atoms. The van der Waals surface area contributed by atoms with E-state index < -0.39 is 17.8 Å². The molecule has 2 amide bonds. The maximum Gasteiger partial charge on any atom is 1.00 e. The van der Waals surface area contributed by atoms with Crippen LogP contribution in [0.5, 0.6) is 0 Å². The van der Waals surface area contributed by atoms with Crippen molar-refractivity contribution in [2.24, 2.45) is 0 Å². The standard InChI is InChI=1S/C21H16FN5O3S.Li/c1-2-24-20(30)27-21-26-17-16(22)13(11-7-12(19(28)29)10-23-9-11)8-14(18(17)31-21)15-5-3-4-6-25-15;/h3-10H,2H2,1H3,(H,28,29)(H2,24,26,27,30);/q;+1/p-1. The van der Waals surface area contributed by atoms with Gasteiger partial charge in [-0.1, -0.05) is 17.4 Å². The van der Waals surface area contributed by atoms with Crippen LogP contribution in [0.1, 0.15) is 17.3 Å². The minimum Gasteiger partial charge on any atom is -0.545 e. The van der Waals surface area contributed by atoms with E-state index in [0.717, 1.165) is 17.5 Å². The second-order valence-electron chi connectivity index (χ2n) is 6.43. The number of nitrogens with one attached hydrogen (secondary N) is 2. The predicted molar refractivity (Wildman–Crippen MR) is 113 cm³/mol. The Hall–Kier alpha value is -3.32. The average Bonchev–Trinajstić information content (AvgIpc) is 3.19. The van der Waals surface area contributed by atoms with Gasteiger partial charge >= 0.3 is 24.9 Å². The van der Waals surface area contributed by atoms with E-state index >= 15 is 4.39 Å². The molecular formula is C21H15FLiN5O3S. The average molecular weight is 443 g/mol. The van der Waals surface area contributed by atoms with Crippen molar-refractivity contribution in [1.82, 2.24) is 20.3 Å². The summed E-state index contributed by atoms with van der Waals surface area (Å²) in [5.74, 6) is -2.07. The second kappa shape index (κ2) is 9.87. The first-order chi connectivity index (χ1) is 15.0. The topological polar surface area (TPSA) is 120 Å². The molecule has 2 N–H and O–H groups in total. The van der Waals surface area contributed by atoms with Crippen molar-refractivity contribution in [2.75, 3.05) is 11.9 Å². The summed E-state index contributed by atoms with van der Waals surface area (Å²) in [5.41, 5.74) is 1.39. The number of amides is 2. The van der Waals surface area contributed by atoms with Gasteiger partial charge in [0.2, 0.25) is 0 Å². The molecule has 0 aliphatic rings. The number of halogens is 1. The van der Waals surface area contributed by atoms with Crippen LogP contribution >= 0.6 is 11.3 Å². The van der Waals surface area contributed by atoms with Gasteiger partial charge < -0.3 is 15.2 Å². The first-order valence-corrected chi connectivity index (χ1v) is 10.1. The Balaban J connectivity index is 0.00000289. The van der Waals surface area contributed by atoms with Gasteiger partial charge in [0.1, 0.15) is 5.52 Å². The number of benzene rings is 1. The Morgan fingerprint density at radius 2 is 2.00 bits per heavy atom. The molecule has 0 saturated carbocycles. The zero-order valence-electron chi connectivity index (χ0n) is 17.2. The summed E-state index contributed by atoms with van der Waals surface area (Å²) in [4.78, 5) is 35.6. The van der Waals surface area contributed by atoms with Crippen LogP contribution in [0.2, 0.25) is 0 Å². The summed E-state index contributed by atoms with van der Waals surface area (Å²) >= 11 is 1.12. The number of pyridine rings is 2. The van der Waals surface area contributed by atoms with Gasteiger partial charge in [-0.25, -0.2) is 14.2 Å². The molecule has 3 heterocycles. The summed E-state index contributed by atoms with van der Waals surface area (Å²) in [7, 11) is 0. The van der Waals surface area contributed by atoms with Gasteiger partial charge in [0, 0.05) is 47.4 Å². The number of carbonyl (C=O) groups excluding carboxylic acids is 2. The molecule has 3 aromatic heterocycles. The number of urea groups is 1. The molecule has 0 saturated heterocycles. The predicted octanol–water partition coefficient (Wildman–Crippen LogP) is 0.0683. The number of fused-ring (bicyclic) bond motifs is 1. The molecule has 0 unspecified atom stereocenters. The number of aromatic nitrogens is 3. The minimum absolute atomic E-state index is 0. The minimum atomic E-state index is -1.41. The molecule has 0 spiro atoms. The van der Waals surface area contributed by atoms with Gasteiger partial charge in [0.25, 0.3) is 0 Å². The smallest absolute Gasteiger partial charge is 0.545 e. The Kier molecular flexibility index (Phi) is 7.20. The fourth-order valence-electron chi connectivity index (χ4n) is 3.03. The van der Waals surface area contributed by atoms with Gasteiger partial charge in [-0.3, -0.25) is 15.3 Å². The van der Waals surface area contributed by atoms with E-state index in [1.807, 2.05) is 0 Å². The molecule has 8 nitrogen and oxygen atoms in total. The van der Waals surface area contributed by atoms with E-state index in [1.165, 1.54) is 12.3 Å². The van der Waals surface area contributed by atoms with E-state index in [2.05, 4.69) is 25.6 Å². The van der Waals surface area contributed by atoms with Crippen LogP contribution in [0, 0.1) is 5.82 Å². The third-order valence-corrected chi connectivity index (χ3v) is 5.39. The SMILES string of the molecule is CCNC(=O)Nc1nc2c(F)c(-c3cncc(C(=O)[O-])c3)cc(-c3ccccn3)c2s1.[Li+]. The van der Waals surface area contributed by atoms with Gasteiger partial charge in [0.15, 0.2) is 10.9 Å². The van der Waals surface area contributed by atoms with Crippen molar-refractivity contribution in [3.63, 3.8) is 0 Å². The van der Waals surface area contributed by atoms with Crippen molar-refractivity contribution < 1.29 is 37.9 Å². The van der Waals surface area contributed by atoms with Crippen molar-refractivity contribution in [1.29, 1.82) is 0 Å². The Morgan fingerprint density at radius 1 is 1.19 bits per heavy atom. The summed E-state index contributed by atoms with van der Waals surface area (Å²) in [5, 5.41) is 16.6. The van der Waals surface area contributed by atoms with Crippen LogP contribution < -0.4 is 34.6 Å². The first kappa shape index (κ1) is 23.3. The summed E-state index contributed by atoms with van der Waals surface area (Å²) in [6, 6.07) is 7.73. The molecular weight excluding hydrogens is 428 g/mol. The maximum absolute atomic E-state index is 15.5. The fourth-order valence-corrected chi connectivity index (χ4v) is 4.01. The quantitative estimate of drug-likeness (QED) is 0.421. The zero-order chi connectivity index (χ0) is 22.0. The van der Waals surface area contributed by atoms with Crippen molar-refractivity contribution in [3.05, 3.63) is 60.3 Å². The van der Waals surface area contributed by atoms with E-state index in [4.69, 9.17) is 0 Å². The van der Waals surface area contributed by atoms with Crippen LogP contribution in [0.3, 0.4) is 0 Å². The normalized spacial score (nSPS) is 10.4. The molecule has 0 atom stereocenters. The van der Waals surface area contributed by atoms with E-state index in [-0.39, 0.29) is 46.2 Å². The number of nitrogens with zero attached hydrogens (tertiary/aromatic N) is 3. The number of thiazole rings is 1. The van der Waals surface area contributed by atoms with E-state index in [1.54, 1.807) is 37.4 Å². The molecule has 0 aliphatic heterocycles. The molecule has 0 radical (unpaired) electrons. The van der Waals surface area contributed by atoms with Crippen LogP contribution in [-0.2, 0) is 0 Å². The monoisotopic (exact) mass is 443 g/mol. The molecule has 11 heteroatoms. The number of carboxylic acids is 1. The maximum atomic E-state index is 15.5. The van der Waals surface area contributed by atoms with Crippen LogP contribution in [0.25, 0.3) is 32.6 Å². The number of carbonyl (C=O) groups is 2. The summed E-state index contributed by atoms with van der Waals surface area (Å²) in [6.45, 7) is 2.20. The van der Waals surface area contributed by atoms with E-state index in [9.17, 15) is 14.7 Å². The van der Waals surface area contributed by atoms with Crippen LogP contribution in [-0.4, -0.2) is 33.5 Å². The van der Waals surface area contributed by atoms with Gasteiger partial charge in [0.05, 0.1) is 16.4 Å². The molecule has 4 rings (SSSR count). The number of aromatic carboxylic acids is 1. The number of hydrogen-bond acceptors (Lipinski definition) is 7. The Bertz CT molecular complexity index is 1300. The molecule has 0 aliphatic carbocycles. The van der Waals surface area contributed by atoms with Crippen molar-refractivity contribution in [3.8, 4) is 22.4 Å². The molecule has 0 fully saturated rings.